The number of alkyl halides is 5. The number of carbonyl (C=O) groups excluding carboxylic acids is 2. The number of benzene rings is 2. The summed E-state index contributed by atoms with van der Waals surface area (Å²) in [5, 5.41) is 14.2. The van der Waals surface area contributed by atoms with Crippen molar-refractivity contribution < 1.29 is 41.4 Å². The van der Waals surface area contributed by atoms with Crippen LogP contribution in [0.2, 0.25) is 0 Å². The average molecular weight is 616 g/mol. The third-order valence-electron chi connectivity index (χ3n) is 10.7. The second kappa shape index (κ2) is 10.5. The van der Waals surface area contributed by atoms with Gasteiger partial charge in [0.05, 0.1) is 7.11 Å². The number of carbonyl (C=O) groups is 2. The normalized spacial score (nSPS) is 30.2. The van der Waals surface area contributed by atoms with Crippen molar-refractivity contribution in [1.29, 1.82) is 0 Å². The van der Waals surface area contributed by atoms with Crippen LogP contribution in [0.1, 0.15) is 73.7 Å². The number of allylic oxidation sites excluding steroid dienone is 4. The molecule has 234 valence electrons. The number of hydrogen-bond donors (Lipinski definition) is 2. The first kappa shape index (κ1) is 30.5. The van der Waals surface area contributed by atoms with Crippen molar-refractivity contribution in [3.05, 3.63) is 82.5 Å². The van der Waals surface area contributed by atoms with Gasteiger partial charge in [-0.2, -0.15) is 22.0 Å². The maximum atomic E-state index is 15.2. The van der Waals surface area contributed by atoms with Crippen molar-refractivity contribution in [2.75, 3.05) is 12.4 Å². The zero-order chi connectivity index (χ0) is 31.7. The van der Waals surface area contributed by atoms with E-state index in [2.05, 4.69) is 5.32 Å². The molecule has 2 N–H and O–H groups in total. The van der Waals surface area contributed by atoms with Gasteiger partial charge in [-0.15, -0.1) is 0 Å². The summed E-state index contributed by atoms with van der Waals surface area (Å²) in [6, 6.07) is 13.4. The molecule has 0 spiro atoms. The predicted octanol–water partition coefficient (Wildman–Crippen LogP) is 7.78. The van der Waals surface area contributed by atoms with Crippen LogP contribution in [-0.4, -0.2) is 41.6 Å². The van der Waals surface area contributed by atoms with Crippen LogP contribution in [0.4, 0.5) is 27.6 Å². The van der Waals surface area contributed by atoms with Crippen molar-refractivity contribution in [2.24, 2.45) is 17.3 Å². The molecule has 5 nitrogen and oxygen atoms in total. The van der Waals surface area contributed by atoms with E-state index in [4.69, 9.17) is 4.74 Å². The molecule has 1 amide bonds. The smallest absolute Gasteiger partial charge is 0.456 e. The average Bonchev–Trinajstić information content (AvgIpc) is 3.27. The maximum absolute atomic E-state index is 15.2. The fraction of sp³-hybridized carbons (Fsp3) is 0.471. The first-order valence-corrected chi connectivity index (χ1v) is 14.9. The first-order valence-electron chi connectivity index (χ1n) is 14.9. The standard InChI is InChI=1S/C34H34F5NO4/c1-31-18-27(19-3-5-20(6-4-19)30(42)40-22-8-11-24(44-2)12-9-22)29-25-14-10-23(41)17-21(25)7-13-26(29)28(31)15-16-32(31,43)33(35,36)34(37,38)39/h3-6,8-9,11-12,17,26-28,43H,7,10,13-16,18H2,1-2H3,(H,40,42)/t26?,27-,28+,31?,32+/m1/s1. The number of ketones is 1. The number of halogens is 5. The summed E-state index contributed by atoms with van der Waals surface area (Å²) in [5.41, 5.74) is -0.561. The lowest BCUT2D eigenvalue weighted by Gasteiger charge is -2.56. The summed E-state index contributed by atoms with van der Waals surface area (Å²) in [4.78, 5) is 25.2. The van der Waals surface area contributed by atoms with Crippen molar-refractivity contribution in [3.8, 4) is 5.75 Å². The monoisotopic (exact) mass is 615 g/mol. The van der Waals surface area contributed by atoms with Crippen molar-refractivity contribution in [3.63, 3.8) is 0 Å². The van der Waals surface area contributed by atoms with E-state index in [0.29, 0.717) is 48.2 Å². The molecule has 0 heterocycles. The molecule has 2 aromatic carbocycles. The number of ether oxygens (including phenoxy) is 1. The number of methoxy groups -OCH3 is 1. The molecule has 2 saturated carbocycles. The second-order valence-corrected chi connectivity index (χ2v) is 12.8. The van der Waals surface area contributed by atoms with Gasteiger partial charge < -0.3 is 15.2 Å². The zero-order valence-electron chi connectivity index (χ0n) is 24.4. The molecule has 2 unspecified atom stereocenters. The molecule has 2 aromatic rings. The Balaban J connectivity index is 1.39. The van der Waals surface area contributed by atoms with E-state index < -0.39 is 41.4 Å². The summed E-state index contributed by atoms with van der Waals surface area (Å²) < 4.78 is 76.8. The minimum atomic E-state index is -5.90. The molecule has 2 fully saturated rings. The van der Waals surface area contributed by atoms with Gasteiger partial charge in [0.25, 0.3) is 5.91 Å². The number of anilines is 1. The summed E-state index contributed by atoms with van der Waals surface area (Å²) in [7, 11) is 1.54. The quantitative estimate of drug-likeness (QED) is 0.337. The number of aliphatic hydroxyl groups is 1. The molecule has 0 radical (unpaired) electrons. The van der Waals surface area contributed by atoms with Crippen LogP contribution in [0.15, 0.2) is 71.3 Å². The molecular weight excluding hydrogens is 581 g/mol. The highest BCUT2D eigenvalue weighted by Crippen LogP contribution is 2.70. The lowest BCUT2D eigenvalue weighted by atomic mass is 9.50. The zero-order valence-corrected chi connectivity index (χ0v) is 24.4. The van der Waals surface area contributed by atoms with E-state index in [-0.39, 0.29) is 30.4 Å². The Morgan fingerprint density at radius 1 is 0.977 bits per heavy atom. The van der Waals surface area contributed by atoms with Gasteiger partial charge >= 0.3 is 12.1 Å². The number of hydrogen-bond acceptors (Lipinski definition) is 4. The molecule has 0 saturated heterocycles. The van der Waals surface area contributed by atoms with Gasteiger partial charge in [0, 0.05) is 29.0 Å². The summed E-state index contributed by atoms with van der Waals surface area (Å²) in [5.74, 6) is -6.47. The highest BCUT2D eigenvalue weighted by atomic mass is 19.4. The van der Waals surface area contributed by atoms with E-state index in [1.165, 1.54) is 14.0 Å². The van der Waals surface area contributed by atoms with Crippen LogP contribution in [-0.2, 0) is 4.79 Å². The highest BCUT2D eigenvalue weighted by molar-refractivity contribution is 6.04. The molecule has 44 heavy (non-hydrogen) atoms. The number of nitrogens with one attached hydrogen (secondary N) is 1. The Hall–Kier alpha value is -3.53. The van der Waals surface area contributed by atoms with Crippen LogP contribution in [0, 0.1) is 17.3 Å². The van der Waals surface area contributed by atoms with Gasteiger partial charge in [0.2, 0.25) is 0 Å². The summed E-state index contributed by atoms with van der Waals surface area (Å²) in [6.45, 7) is 1.39. The molecule has 10 heteroatoms. The maximum Gasteiger partial charge on any atom is 0.456 e. The van der Waals surface area contributed by atoms with Gasteiger partial charge in [-0.25, -0.2) is 0 Å². The first-order chi connectivity index (χ1) is 20.7. The lowest BCUT2D eigenvalue weighted by Crippen LogP contribution is -2.65. The fourth-order valence-electron chi connectivity index (χ4n) is 8.46. The van der Waals surface area contributed by atoms with E-state index in [9.17, 15) is 27.9 Å². The van der Waals surface area contributed by atoms with E-state index in [0.717, 1.165) is 16.7 Å². The summed E-state index contributed by atoms with van der Waals surface area (Å²) in [6.07, 6.45) is -3.15. The highest BCUT2D eigenvalue weighted by Gasteiger charge is 2.79. The van der Waals surface area contributed by atoms with Crippen molar-refractivity contribution >= 4 is 17.4 Å². The molecule has 4 aliphatic rings. The SMILES string of the molecule is COc1ccc(NC(=O)c2ccc([C@H]3CC4(C)[C@@H](CC[C@@]4(O)C(F)(F)C(F)(F)F)C4CCC5=CC(=O)CCC5=C43)cc2)cc1. The Morgan fingerprint density at radius 3 is 2.30 bits per heavy atom. The van der Waals surface area contributed by atoms with E-state index >= 15 is 8.78 Å². The second-order valence-electron chi connectivity index (χ2n) is 12.8. The van der Waals surface area contributed by atoms with Crippen LogP contribution >= 0.6 is 0 Å². The molecular formula is C34H34F5NO4. The third-order valence-corrected chi connectivity index (χ3v) is 10.7. The molecule has 5 atom stereocenters. The summed E-state index contributed by atoms with van der Waals surface area (Å²) >= 11 is 0. The molecule has 0 aromatic heterocycles. The van der Waals surface area contributed by atoms with Crippen LogP contribution in [0.3, 0.4) is 0 Å². The number of amides is 1. The molecule has 0 aliphatic heterocycles. The Labute approximate surface area is 252 Å². The number of rotatable bonds is 5. The van der Waals surface area contributed by atoms with Gasteiger partial charge in [-0.1, -0.05) is 24.6 Å². The molecule has 6 rings (SSSR count). The van der Waals surface area contributed by atoms with Crippen LogP contribution in [0.5, 0.6) is 5.75 Å². The van der Waals surface area contributed by atoms with E-state index in [1.54, 1.807) is 54.6 Å². The van der Waals surface area contributed by atoms with Gasteiger partial charge in [0.15, 0.2) is 5.78 Å². The Bertz CT molecular complexity index is 1540. The van der Waals surface area contributed by atoms with Crippen LogP contribution in [0.25, 0.3) is 0 Å². The van der Waals surface area contributed by atoms with Crippen LogP contribution < -0.4 is 10.1 Å². The Kier molecular flexibility index (Phi) is 7.30. The van der Waals surface area contributed by atoms with Crippen molar-refractivity contribution in [2.45, 2.75) is 75.5 Å². The topological polar surface area (TPSA) is 75.6 Å². The largest absolute Gasteiger partial charge is 0.497 e. The molecule has 4 aliphatic carbocycles. The van der Waals surface area contributed by atoms with Gasteiger partial charge in [-0.3, -0.25) is 9.59 Å². The predicted molar refractivity (Wildman–Crippen MR) is 154 cm³/mol. The van der Waals surface area contributed by atoms with Gasteiger partial charge in [-0.05, 0) is 110 Å². The minimum Gasteiger partial charge on any atom is -0.497 e. The fourth-order valence-corrected chi connectivity index (χ4v) is 8.46. The van der Waals surface area contributed by atoms with Gasteiger partial charge in [0.1, 0.15) is 11.4 Å². The van der Waals surface area contributed by atoms with Crippen molar-refractivity contribution in [1.82, 2.24) is 0 Å². The lowest BCUT2D eigenvalue weighted by molar-refractivity contribution is -0.362. The number of fused-ring (bicyclic) bond motifs is 4. The third kappa shape index (κ3) is 4.59. The van der Waals surface area contributed by atoms with E-state index in [1.807, 2.05) is 0 Å². The minimum absolute atomic E-state index is 0.0206. The Morgan fingerprint density at radius 2 is 1.66 bits per heavy atom. The molecule has 0 bridgehead atoms.